The monoisotopic (exact) mass is 345 g/mol. The van der Waals surface area contributed by atoms with Gasteiger partial charge in [-0.25, -0.2) is 4.79 Å². The third-order valence-corrected chi connectivity index (χ3v) is 3.52. The zero-order chi connectivity index (χ0) is 18.4. The number of phenols is 1. The highest BCUT2D eigenvalue weighted by Crippen LogP contribution is 2.24. The summed E-state index contributed by atoms with van der Waals surface area (Å²) in [5.41, 5.74) is 2.56. The second kappa shape index (κ2) is 7.85. The van der Waals surface area contributed by atoms with Gasteiger partial charge in [0.2, 0.25) is 0 Å². The van der Waals surface area contributed by atoms with Crippen LogP contribution in [0.5, 0.6) is 5.75 Å². The highest BCUT2D eigenvalue weighted by molar-refractivity contribution is 5.89. The maximum atomic E-state index is 10.8. The van der Waals surface area contributed by atoms with E-state index < -0.39 is 5.97 Å². The van der Waals surface area contributed by atoms with Gasteiger partial charge in [-0.15, -0.1) is 0 Å². The molecule has 0 aliphatic heterocycles. The molecule has 0 aliphatic rings. The normalized spacial score (nSPS) is 11.2. The van der Waals surface area contributed by atoms with Crippen LogP contribution in [0.25, 0.3) is 0 Å². The Kier molecular flexibility index (Phi) is 5.14. The number of rotatable bonds is 5. The fourth-order valence-corrected chi connectivity index (χ4v) is 2.15. The van der Waals surface area contributed by atoms with Crippen molar-refractivity contribution < 1.29 is 15.0 Å². The Labute approximate surface area is 149 Å². The maximum absolute atomic E-state index is 10.8. The van der Waals surface area contributed by atoms with Gasteiger partial charge < -0.3 is 10.2 Å². The summed E-state index contributed by atoms with van der Waals surface area (Å²) in [7, 11) is 0. The van der Waals surface area contributed by atoms with Crippen LogP contribution in [0.4, 0.5) is 17.1 Å². The van der Waals surface area contributed by atoms with Gasteiger partial charge in [0.15, 0.2) is 0 Å². The maximum Gasteiger partial charge on any atom is 0.335 e. The molecule has 3 aromatic rings. The SMILES string of the molecule is O=C(O)c1ccc(N=Cc2cc(N=Nc3ccccc3)ccc2O)cc1. The summed E-state index contributed by atoms with van der Waals surface area (Å²) in [6, 6.07) is 20.3. The summed E-state index contributed by atoms with van der Waals surface area (Å²) in [6.07, 6.45) is 1.49. The number of hydrogen-bond acceptors (Lipinski definition) is 5. The predicted molar refractivity (Wildman–Crippen MR) is 99.4 cm³/mol. The van der Waals surface area contributed by atoms with Gasteiger partial charge >= 0.3 is 5.97 Å². The molecule has 0 saturated heterocycles. The van der Waals surface area contributed by atoms with Crippen LogP contribution in [-0.4, -0.2) is 22.4 Å². The smallest absolute Gasteiger partial charge is 0.335 e. The van der Waals surface area contributed by atoms with Crippen molar-refractivity contribution in [2.75, 3.05) is 0 Å². The van der Waals surface area contributed by atoms with Gasteiger partial charge in [-0.05, 0) is 54.6 Å². The van der Waals surface area contributed by atoms with Gasteiger partial charge in [0.05, 0.1) is 22.6 Å². The van der Waals surface area contributed by atoms with E-state index in [1.54, 1.807) is 24.3 Å². The lowest BCUT2D eigenvalue weighted by Gasteiger charge is -2.01. The molecule has 6 heteroatoms. The topological polar surface area (TPSA) is 94.6 Å². The number of aromatic hydroxyl groups is 1. The van der Waals surface area contributed by atoms with Crippen LogP contribution >= 0.6 is 0 Å². The molecule has 6 nitrogen and oxygen atoms in total. The molecular formula is C20H15N3O3. The van der Waals surface area contributed by atoms with Crippen LogP contribution in [0, 0.1) is 0 Å². The predicted octanol–water partition coefficient (Wildman–Crippen LogP) is 5.26. The minimum absolute atomic E-state index is 0.0644. The zero-order valence-electron chi connectivity index (χ0n) is 13.6. The Morgan fingerprint density at radius 2 is 1.46 bits per heavy atom. The van der Waals surface area contributed by atoms with Crippen molar-refractivity contribution in [3.8, 4) is 5.75 Å². The number of nitrogens with zero attached hydrogens (tertiary/aromatic N) is 3. The summed E-state index contributed by atoms with van der Waals surface area (Å²) in [5, 5.41) is 27.2. The quantitative estimate of drug-likeness (QED) is 0.488. The Morgan fingerprint density at radius 3 is 2.15 bits per heavy atom. The highest BCUT2D eigenvalue weighted by Gasteiger charge is 2.02. The van der Waals surface area contributed by atoms with Crippen molar-refractivity contribution in [2.45, 2.75) is 0 Å². The van der Waals surface area contributed by atoms with E-state index in [0.29, 0.717) is 16.9 Å². The number of aliphatic imine (C=N–C) groups is 1. The molecule has 0 heterocycles. The fraction of sp³-hybridized carbons (Fsp3) is 0. The molecule has 0 radical (unpaired) electrons. The summed E-state index contributed by atoms with van der Waals surface area (Å²) in [4.78, 5) is 15.1. The van der Waals surface area contributed by atoms with Crippen LogP contribution in [0.1, 0.15) is 15.9 Å². The first-order valence-electron chi connectivity index (χ1n) is 7.79. The second-order valence-corrected chi connectivity index (χ2v) is 5.39. The number of carboxylic acid groups (broad SMARTS) is 1. The van der Waals surface area contributed by atoms with Gasteiger partial charge in [0, 0.05) is 11.8 Å². The summed E-state index contributed by atoms with van der Waals surface area (Å²) < 4.78 is 0. The van der Waals surface area contributed by atoms with E-state index in [1.165, 1.54) is 24.4 Å². The number of benzene rings is 3. The van der Waals surface area contributed by atoms with E-state index >= 15 is 0 Å². The second-order valence-electron chi connectivity index (χ2n) is 5.39. The number of aromatic carboxylic acids is 1. The van der Waals surface area contributed by atoms with Crippen LogP contribution in [0.3, 0.4) is 0 Å². The highest BCUT2D eigenvalue weighted by atomic mass is 16.4. The molecule has 0 spiro atoms. The number of phenolic OH excluding ortho intramolecular Hbond substituents is 1. The van der Waals surface area contributed by atoms with E-state index in [4.69, 9.17) is 5.11 Å². The number of carbonyl (C=O) groups is 1. The van der Waals surface area contributed by atoms with E-state index in [1.807, 2.05) is 30.3 Å². The molecule has 0 unspecified atom stereocenters. The zero-order valence-corrected chi connectivity index (χ0v) is 13.6. The minimum Gasteiger partial charge on any atom is -0.507 e. The molecule has 0 aliphatic carbocycles. The molecule has 0 bridgehead atoms. The number of azo groups is 1. The van der Waals surface area contributed by atoms with E-state index in [9.17, 15) is 9.90 Å². The lowest BCUT2D eigenvalue weighted by molar-refractivity contribution is 0.0697. The third kappa shape index (κ3) is 4.39. The van der Waals surface area contributed by atoms with Crippen LogP contribution in [-0.2, 0) is 0 Å². The largest absolute Gasteiger partial charge is 0.507 e. The Hall–Kier alpha value is -3.80. The summed E-state index contributed by atoms with van der Waals surface area (Å²) in [6.45, 7) is 0. The summed E-state index contributed by atoms with van der Waals surface area (Å²) in [5.74, 6) is -0.927. The molecular weight excluding hydrogens is 330 g/mol. The number of hydrogen-bond donors (Lipinski definition) is 2. The van der Waals surface area contributed by atoms with Crippen molar-refractivity contribution in [1.29, 1.82) is 0 Å². The van der Waals surface area contributed by atoms with Crippen molar-refractivity contribution in [3.05, 3.63) is 83.9 Å². The fourth-order valence-electron chi connectivity index (χ4n) is 2.15. The lowest BCUT2D eigenvalue weighted by Crippen LogP contribution is -1.94. The third-order valence-electron chi connectivity index (χ3n) is 3.52. The average Bonchev–Trinajstić information content (AvgIpc) is 2.67. The molecule has 3 aromatic carbocycles. The summed E-state index contributed by atoms with van der Waals surface area (Å²) >= 11 is 0. The lowest BCUT2D eigenvalue weighted by atomic mass is 10.2. The molecule has 2 N–H and O–H groups in total. The first-order chi connectivity index (χ1) is 12.6. The molecule has 0 amide bonds. The molecule has 0 aromatic heterocycles. The van der Waals surface area contributed by atoms with Crippen molar-refractivity contribution >= 4 is 29.2 Å². The van der Waals surface area contributed by atoms with Gasteiger partial charge in [-0.3, -0.25) is 4.99 Å². The van der Waals surface area contributed by atoms with E-state index in [-0.39, 0.29) is 11.3 Å². The van der Waals surface area contributed by atoms with Crippen molar-refractivity contribution in [3.63, 3.8) is 0 Å². The first kappa shape index (κ1) is 17.0. The van der Waals surface area contributed by atoms with Crippen LogP contribution < -0.4 is 0 Å². The van der Waals surface area contributed by atoms with Crippen LogP contribution in [0.2, 0.25) is 0 Å². The standard InChI is InChI=1S/C20H15N3O3/c24-19-11-10-18(23-22-17-4-2-1-3-5-17)12-15(19)13-21-16-8-6-14(7-9-16)20(25)26/h1-13,24H,(H,25,26). The van der Waals surface area contributed by atoms with E-state index in [0.717, 1.165) is 5.69 Å². The van der Waals surface area contributed by atoms with E-state index in [2.05, 4.69) is 15.2 Å². The van der Waals surface area contributed by atoms with Crippen LogP contribution in [0.15, 0.2) is 88.0 Å². The molecule has 0 saturated carbocycles. The molecule has 0 atom stereocenters. The van der Waals surface area contributed by atoms with Gasteiger partial charge in [-0.2, -0.15) is 10.2 Å². The first-order valence-corrected chi connectivity index (χ1v) is 7.79. The minimum atomic E-state index is -0.991. The van der Waals surface area contributed by atoms with Gasteiger partial charge in [0.1, 0.15) is 5.75 Å². The Balaban J connectivity index is 1.79. The average molecular weight is 345 g/mol. The van der Waals surface area contributed by atoms with Crippen molar-refractivity contribution in [1.82, 2.24) is 0 Å². The van der Waals surface area contributed by atoms with Gasteiger partial charge in [0.25, 0.3) is 0 Å². The molecule has 0 fully saturated rings. The number of carboxylic acids is 1. The Bertz CT molecular complexity index is 965. The molecule has 128 valence electrons. The van der Waals surface area contributed by atoms with Crippen molar-refractivity contribution in [2.24, 2.45) is 15.2 Å². The Morgan fingerprint density at radius 1 is 0.808 bits per heavy atom. The molecule has 3 rings (SSSR count). The van der Waals surface area contributed by atoms with Gasteiger partial charge in [-0.1, -0.05) is 18.2 Å². The molecule has 26 heavy (non-hydrogen) atoms.